The minimum absolute atomic E-state index is 0.0153. The van der Waals surface area contributed by atoms with Gasteiger partial charge in [0.1, 0.15) is 0 Å². The van der Waals surface area contributed by atoms with Crippen molar-refractivity contribution >= 4 is 11.6 Å². The van der Waals surface area contributed by atoms with Crippen LogP contribution in [-0.4, -0.2) is 26.5 Å². The standard InChI is InChI=1S/C20H19F3N4O/c1-11-18(12(2)27-17(25-11)6-7-24-27)19(28)26-16-9-14(10-16)13-4-3-5-15(8-13)20(21,22)23/h3-8,14,16H,9-10H2,1-2H3,(H,26,28). The highest BCUT2D eigenvalue weighted by Gasteiger charge is 2.35. The lowest BCUT2D eigenvalue weighted by Crippen LogP contribution is -2.44. The van der Waals surface area contributed by atoms with E-state index in [0.29, 0.717) is 41.0 Å². The fourth-order valence-electron chi connectivity index (χ4n) is 3.80. The van der Waals surface area contributed by atoms with Crippen LogP contribution in [-0.2, 0) is 6.18 Å². The van der Waals surface area contributed by atoms with E-state index in [9.17, 15) is 18.0 Å². The second kappa shape index (κ2) is 6.61. The number of halogens is 3. The first-order valence-corrected chi connectivity index (χ1v) is 9.03. The second-order valence-electron chi connectivity index (χ2n) is 7.22. The van der Waals surface area contributed by atoms with Crippen LogP contribution in [0.15, 0.2) is 36.5 Å². The molecule has 1 amide bonds. The van der Waals surface area contributed by atoms with Crippen molar-refractivity contribution in [2.24, 2.45) is 0 Å². The Labute approximate surface area is 159 Å². The number of hydrogen-bond donors (Lipinski definition) is 1. The van der Waals surface area contributed by atoms with E-state index in [2.05, 4.69) is 15.4 Å². The molecule has 1 saturated carbocycles. The largest absolute Gasteiger partial charge is 0.416 e. The van der Waals surface area contributed by atoms with Gasteiger partial charge in [0.25, 0.3) is 5.91 Å². The average molecular weight is 388 g/mol. The third kappa shape index (κ3) is 3.23. The summed E-state index contributed by atoms with van der Waals surface area (Å²) in [5.41, 5.74) is 2.52. The Morgan fingerprint density at radius 1 is 1.21 bits per heavy atom. The van der Waals surface area contributed by atoms with Crippen LogP contribution in [0.25, 0.3) is 5.65 Å². The highest BCUT2D eigenvalue weighted by atomic mass is 19.4. The summed E-state index contributed by atoms with van der Waals surface area (Å²) in [5, 5.41) is 7.15. The zero-order valence-electron chi connectivity index (χ0n) is 15.4. The summed E-state index contributed by atoms with van der Waals surface area (Å²) < 4.78 is 40.3. The Bertz CT molecular complexity index is 1050. The number of rotatable bonds is 3. The molecule has 146 valence electrons. The number of hydrogen-bond acceptors (Lipinski definition) is 3. The fraction of sp³-hybridized carbons (Fsp3) is 0.350. The van der Waals surface area contributed by atoms with Gasteiger partial charge in [-0.05, 0) is 44.2 Å². The molecule has 1 fully saturated rings. The number of carbonyl (C=O) groups excluding carboxylic acids is 1. The van der Waals surface area contributed by atoms with Crippen LogP contribution in [0.1, 0.15) is 51.6 Å². The summed E-state index contributed by atoms with van der Waals surface area (Å²) in [6.07, 6.45) is -1.49. The lowest BCUT2D eigenvalue weighted by Gasteiger charge is -2.36. The van der Waals surface area contributed by atoms with Crippen LogP contribution in [0.2, 0.25) is 0 Å². The van der Waals surface area contributed by atoms with E-state index in [0.717, 1.165) is 6.07 Å². The number of nitrogens with one attached hydrogen (secondary N) is 1. The molecule has 8 heteroatoms. The maximum Gasteiger partial charge on any atom is 0.416 e. The second-order valence-corrected chi connectivity index (χ2v) is 7.22. The molecule has 0 spiro atoms. The molecule has 0 radical (unpaired) electrons. The topological polar surface area (TPSA) is 59.3 Å². The van der Waals surface area contributed by atoms with Gasteiger partial charge in [0, 0.05) is 12.1 Å². The number of benzene rings is 1. The van der Waals surface area contributed by atoms with Crippen molar-refractivity contribution in [2.75, 3.05) is 0 Å². The van der Waals surface area contributed by atoms with Gasteiger partial charge >= 0.3 is 6.18 Å². The zero-order valence-corrected chi connectivity index (χ0v) is 15.4. The Morgan fingerprint density at radius 3 is 2.68 bits per heavy atom. The Kier molecular flexibility index (Phi) is 4.36. The quantitative estimate of drug-likeness (QED) is 0.737. The Hall–Kier alpha value is -2.90. The van der Waals surface area contributed by atoms with Crippen LogP contribution in [0.3, 0.4) is 0 Å². The minimum atomic E-state index is -4.35. The summed E-state index contributed by atoms with van der Waals surface area (Å²) in [5.74, 6) is -0.214. The molecule has 0 unspecified atom stereocenters. The minimum Gasteiger partial charge on any atom is -0.349 e. The third-order valence-corrected chi connectivity index (χ3v) is 5.33. The summed E-state index contributed by atoms with van der Waals surface area (Å²) in [7, 11) is 0. The fourth-order valence-corrected chi connectivity index (χ4v) is 3.80. The van der Waals surface area contributed by atoms with E-state index in [1.165, 1.54) is 12.1 Å². The zero-order chi connectivity index (χ0) is 20.1. The number of carbonyl (C=O) groups is 1. The van der Waals surface area contributed by atoms with Gasteiger partial charge in [-0.2, -0.15) is 18.3 Å². The summed E-state index contributed by atoms with van der Waals surface area (Å²) in [4.78, 5) is 17.1. The average Bonchev–Trinajstić information content (AvgIpc) is 3.05. The molecule has 0 atom stereocenters. The maximum absolute atomic E-state index is 12.9. The third-order valence-electron chi connectivity index (χ3n) is 5.33. The SMILES string of the molecule is Cc1nc2ccnn2c(C)c1C(=O)NC1CC(c2cccc(C(F)(F)F)c2)C1. The molecule has 1 aromatic carbocycles. The molecule has 0 aliphatic heterocycles. The van der Waals surface area contributed by atoms with Gasteiger partial charge in [0.2, 0.25) is 0 Å². The first-order chi connectivity index (χ1) is 13.2. The van der Waals surface area contributed by atoms with E-state index in [1.54, 1.807) is 29.8 Å². The smallest absolute Gasteiger partial charge is 0.349 e. The lowest BCUT2D eigenvalue weighted by atomic mass is 9.75. The van der Waals surface area contributed by atoms with Gasteiger partial charge in [-0.1, -0.05) is 18.2 Å². The Balaban J connectivity index is 1.45. The van der Waals surface area contributed by atoms with E-state index in [1.807, 2.05) is 6.92 Å². The van der Waals surface area contributed by atoms with Crippen molar-refractivity contribution < 1.29 is 18.0 Å². The number of alkyl halides is 3. The van der Waals surface area contributed by atoms with Crippen molar-refractivity contribution in [3.8, 4) is 0 Å². The molecule has 1 aliphatic rings. The predicted octanol–water partition coefficient (Wildman–Crippen LogP) is 4.04. The number of aromatic nitrogens is 3. The molecule has 0 saturated heterocycles. The molecular formula is C20H19F3N4O. The normalized spacial score (nSPS) is 19.5. The van der Waals surface area contributed by atoms with Crippen LogP contribution >= 0.6 is 0 Å². The molecule has 0 bridgehead atoms. The molecule has 5 nitrogen and oxygen atoms in total. The van der Waals surface area contributed by atoms with Gasteiger partial charge in [-0.25, -0.2) is 9.50 Å². The number of amides is 1. The van der Waals surface area contributed by atoms with E-state index >= 15 is 0 Å². The van der Waals surface area contributed by atoms with Gasteiger partial charge in [-0.15, -0.1) is 0 Å². The summed E-state index contributed by atoms with van der Waals surface area (Å²) >= 11 is 0. The molecule has 1 N–H and O–H groups in total. The molecule has 3 aromatic rings. The van der Waals surface area contributed by atoms with Crippen molar-refractivity contribution in [1.29, 1.82) is 0 Å². The first-order valence-electron chi connectivity index (χ1n) is 9.03. The number of nitrogens with zero attached hydrogens (tertiary/aromatic N) is 3. The van der Waals surface area contributed by atoms with Crippen molar-refractivity contribution in [2.45, 2.75) is 44.8 Å². The summed E-state index contributed by atoms with van der Waals surface area (Å²) in [6.45, 7) is 3.59. The maximum atomic E-state index is 12.9. The molecular weight excluding hydrogens is 369 g/mol. The molecule has 2 aromatic heterocycles. The highest BCUT2D eigenvalue weighted by Crippen LogP contribution is 2.39. The van der Waals surface area contributed by atoms with Gasteiger partial charge < -0.3 is 5.32 Å². The van der Waals surface area contributed by atoms with E-state index < -0.39 is 11.7 Å². The van der Waals surface area contributed by atoms with Gasteiger partial charge in [0.15, 0.2) is 5.65 Å². The molecule has 28 heavy (non-hydrogen) atoms. The van der Waals surface area contributed by atoms with Crippen LogP contribution in [0.5, 0.6) is 0 Å². The predicted molar refractivity (Wildman–Crippen MR) is 97.1 cm³/mol. The number of fused-ring (bicyclic) bond motifs is 1. The molecule has 1 aliphatic carbocycles. The Morgan fingerprint density at radius 2 is 1.96 bits per heavy atom. The molecule has 4 rings (SSSR count). The van der Waals surface area contributed by atoms with Crippen molar-refractivity contribution in [3.63, 3.8) is 0 Å². The molecule has 2 heterocycles. The van der Waals surface area contributed by atoms with Crippen LogP contribution in [0.4, 0.5) is 13.2 Å². The van der Waals surface area contributed by atoms with Crippen molar-refractivity contribution in [3.05, 3.63) is 64.6 Å². The van der Waals surface area contributed by atoms with Crippen LogP contribution < -0.4 is 5.32 Å². The first kappa shape index (κ1) is 18.5. The van der Waals surface area contributed by atoms with Gasteiger partial charge in [0.05, 0.1) is 28.7 Å². The lowest BCUT2D eigenvalue weighted by molar-refractivity contribution is -0.137. The highest BCUT2D eigenvalue weighted by molar-refractivity contribution is 5.96. The van der Waals surface area contributed by atoms with E-state index in [4.69, 9.17) is 0 Å². The van der Waals surface area contributed by atoms with Crippen molar-refractivity contribution in [1.82, 2.24) is 19.9 Å². The monoisotopic (exact) mass is 388 g/mol. The van der Waals surface area contributed by atoms with Crippen LogP contribution in [0, 0.1) is 13.8 Å². The van der Waals surface area contributed by atoms with Gasteiger partial charge in [-0.3, -0.25) is 4.79 Å². The summed E-state index contributed by atoms with van der Waals surface area (Å²) in [6, 6.07) is 7.12. The van der Waals surface area contributed by atoms with E-state index in [-0.39, 0.29) is 17.9 Å². The number of aryl methyl sites for hydroxylation is 2.